The minimum atomic E-state index is 0.0377. The molecular weight excluding hydrogens is 623 g/mol. The summed E-state index contributed by atoms with van der Waals surface area (Å²) in [5.74, 6) is 0.850. The van der Waals surface area contributed by atoms with Crippen molar-refractivity contribution in [2.24, 2.45) is 5.10 Å². The van der Waals surface area contributed by atoms with Crippen LogP contribution in [0.25, 0.3) is 23.1 Å². The largest absolute Gasteiger partial charge is 0.372 e. The first-order valence-electron chi connectivity index (χ1n) is 18.0. The lowest BCUT2D eigenvalue weighted by Crippen LogP contribution is -2.24. The highest BCUT2D eigenvalue weighted by molar-refractivity contribution is 6.01. The average Bonchev–Trinajstić information content (AvgIpc) is 3.61. The molecule has 0 saturated carbocycles. The molecule has 1 aliphatic heterocycles. The molecule has 5 aromatic carbocycles. The molecule has 0 N–H and O–H groups in total. The summed E-state index contributed by atoms with van der Waals surface area (Å²) in [5, 5.41) is 8.29. The second-order valence-electron chi connectivity index (χ2n) is 12.9. The molecule has 5 nitrogen and oxygen atoms in total. The molecule has 1 aliphatic rings. The van der Waals surface area contributed by atoms with E-state index in [2.05, 4.69) is 192 Å². The predicted molar refractivity (Wildman–Crippen MR) is 217 cm³/mol. The number of fused-ring (bicyclic) bond motifs is 1. The Morgan fingerprint density at radius 1 is 0.588 bits per heavy atom. The summed E-state index contributed by atoms with van der Waals surface area (Å²) in [4.78, 5) is 9.80. The van der Waals surface area contributed by atoms with Gasteiger partial charge in [-0.1, -0.05) is 121 Å². The molecule has 7 rings (SSSR count). The van der Waals surface area contributed by atoms with Crippen LogP contribution in [0.5, 0.6) is 0 Å². The Labute approximate surface area is 302 Å². The number of benzene rings is 5. The number of hydrogen-bond acceptors (Lipinski definition) is 5. The van der Waals surface area contributed by atoms with Gasteiger partial charge in [0.2, 0.25) is 0 Å². The molecule has 1 aromatic heterocycles. The molecule has 1 atom stereocenters. The highest BCUT2D eigenvalue weighted by Gasteiger charge is 2.26. The molecule has 6 aromatic rings. The molecule has 5 heteroatoms. The first-order chi connectivity index (χ1) is 25.1. The van der Waals surface area contributed by atoms with E-state index in [4.69, 9.17) is 10.1 Å². The van der Waals surface area contributed by atoms with Crippen LogP contribution in [-0.2, 0) is 13.1 Å². The van der Waals surface area contributed by atoms with Crippen LogP contribution in [0.4, 0.5) is 17.2 Å². The van der Waals surface area contributed by atoms with Gasteiger partial charge in [-0.05, 0) is 84.6 Å². The molecule has 0 saturated heterocycles. The van der Waals surface area contributed by atoms with Crippen molar-refractivity contribution in [2.45, 2.75) is 39.4 Å². The zero-order valence-electron chi connectivity index (χ0n) is 29.5. The van der Waals surface area contributed by atoms with Crippen LogP contribution in [0.3, 0.4) is 0 Å². The van der Waals surface area contributed by atoms with Gasteiger partial charge in [0.25, 0.3) is 0 Å². The standard InChI is InChI=1S/C46H45N5/c1-3-49(4-2)42-27-20-36(21-28-42)19-26-41-33-44(51(48-41)46-32-25-40-17-11-12-18-45(40)47-46)31-24-37-22-29-43(30-23-37)50(34-38-13-7-5-8-14-38)35-39-15-9-6-10-16-39/h5-32,44H,3-4,33-35H2,1-2H3. The third kappa shape index (κ3) is 8.45. The molecule has 2 heterocycles. The van der Waals surface area contributed by atoms with E-state index in [0.29, 0.717) is 0 Å². The highest BCUT2D eigenvalue weighted by atomic mass is 15.5. The maximum atomic E-state index is 5.10. The summed E-state index contributed by atoms with van der Waals surface area (Å²) in [7, 11) is 0. The van der Waals surface area contributed by atoms with Crippen molar-refractivity contribution in [1.29, 1.82) is 0 Å². The smallest absolute Gasteiger partial charge is 0.150 e. The van der Waals surface area contributed by atoms with E-state index in [1.807, 2.05) is 6.07 Å². The van der Waals surface area contributed by atoms with Gasteiger partial charge in [0.15, 0.2) is 0 Å². The summed E-state index contributed by atoms with van der Waals surface area (Å²) in [6.07, 6.45) is 9.59. The van der Waals surface area contributed by atoms with Gasteiger partial charge < -0.3 is 9.80 Å². The zero-order valence-corrected chi connectivity index (χ0v) is 29.5. The van der Waals surface area contributed by atoms with Crippen LogP contribution in [-0.4, -0.2) is 29.8 Å². The van der Waals surface area contributed by atoms with Crippen LogP contribution in [0.1, 0.15) is 42.5 Å². The van der Waals surface area contributed by atoms with Gasteiger partial charge in [-0.3, -0.25) is 0 Å². The number of aromatic nitrogens is 1. The number of rotatable bonds is 13. The van der Waals surface area contributed by atoms with Gasteiger partial charge in [-0.25, -0.2) is 9.99 Å². The third-order valence-electron chi connectivity index (χ3n) is 9.48. The van der Waals surface area contributed by atoms with E-state index < -0.39 is 0 Å². The minimum absolute atomic E-state index is 0.0377. The fourth-order valence-corrected chi connectivity index (χ4v) is 6.65. The number of hydrazone groups is 1. The Balaban J connectivity index is 1.11. The SMILES string of the molecule is CCN(CC)c1ccc(C=CC2=NN(c3ccc4ccccc4n3)C(C=Cc3ccc(N(Cc4ccccc4)Cc4ccccc4)cc3)C2)cc1. The fraction of sp³-hybridized carbons (Fsp3) is 0.174. The highest BCUT2D eigenvalue weighted by Crippen LogP contribution is 2.28. The lowest BCUT2D eigenvalue weighted by Gasteiger charge is -2.25. The molecule has 0 aliphatic carbocycles. The van der Waals surface area contributed by atoms with E-state index in [0.717, 1.165) is 66.2 Å². The van der Waals surface area contributed by atoms with Gasteiger partial charge >= 0.3 is 0 Å². The van der Waals surface area contributed by atoms with E-state index in [9.17, 15) is 0 Å². The van der Waals surface area contributed by atoms with Crippen LogP contribution in [0.2, 0.25) is 0 Å². The maximum absolute atomic E-state index is 5.10. The Bertz CT molecular complexity index is 2060. The van der Waals surface area contributed by atoms with Gasteiger partial charge in [0.05, 0.1) is 17.3 Å². The monoisotopic (exact) mass is 667 g/mol. The van der Waals surface area contributed by atoms with E-state index >= 15 is 0 Å². The van der Waals surface area contributed by atoms with E-state index in [1.54, 1.807) is 0 Å². The Morgan fingerprint density at radius 3 is 1.78 bits per heavy atom. The second kappa shape index (κ2) is 16.2. The van der Waals surface area contributed by atoms with Gasteiger partial charge in [-0.15, -0.1) is 0 Å². The lowest BCUT2D eigenvalue weighted by atomic mass is 10.1. The molecular formula is C46H45N5. The van der Waals surface area contributed by atoms with Crippen molar-refractivity contribution in [1.82, 2.24) is 4.98 Å². The average molecular weight is 668 g/mol. The number of para-hydroxylation sites is 1. The molecule has 1 unspecified atom stereocenters. The topological polar surface area (TPSA) is 35.0 Å². The Hall–Kier alpha value is -5.94. The van der Waals surface area contributed by atoms with Crippen LogP contribution < -0.4 is 14.8 Å². The van der Waals surface area contributed by atoms with Crippen molar-refractivity contribution in [3.63, 3.8) is 0 Å². The molecule has 0 spiro atoms. The first-order valence-corrected chi connectivity index (χ1v) is 18.0. The number of anilines is 3. The van der Waals surface area contributed by atoms with Gasteiger partial charge in [0, 0.05) is 49.4 Å². The first kappa shape index (κ1) is 33.6. The third-order valence-corrected chi connectivity index (χ3v) is 9.48. The van der Waals surface area contributed by atoms with E-state index in [1.165, 1.54) is 22.5 Å². The second-order valence-corrected chi connectivity index (χ2v) is 12.9. The quantitative estimate of drug-likeness (QED) is 0.123. The summed E-state index contributed by atoms with van der Waals surface area (Å²) >= 11 is 0. The van der Waals surface area contributed by atoms with Gasteiger partial charge in [-0.2, -0.15) is 5.10 Å². The summed E-state index contributed by atoms with van der Waals surface area (Å²) < 4.78 is 0. The summed E-state index contributed by atoms with van der Waals surface area (Å²) in [6.45, 7) is 8.07. The molecule has 51 heavy (non-hydrogen) atoms. The minimum Gasteiger partial charge on any atom is -0.372 e. The van der Waals surface area contributed by atoms with E-state index in [-0.39, 0.29) is 6.04 Å². The summed E-state index contributed by atoms with van der Waals surface area (Å²) in [5.41, 5.74) is 9.35. The van der Waals surface area contributed by atoms with Crippen molar-refractivity contribution in [3.05, 3.63) is 180 Å². The molecule has 0 bridgehead atoms. The molecule has 0 radical (unpaired) electrons. The zero-order chi connectivity index (χ0) is 34.8. The summed E-state index contributed by atoms with van der Waals surface area (Å²) in [6, 6.07) is 51.5. The predicted octanol–water partition coefficient (Wildman–Crippen LogP) is 10.6. The van der Waals surface area contributed by atoms with Crippen molar-refractivity contribution in [2.75, 3.05) is 27.9 Å². The van der Waals surface area contributed by atoms with Crippen molar-refractivity contribution in [3.8, 4) is 0 Å². The number of pyridine rings is 1. The maximum Gasteiger partial charge on any atom is 0.150 e. The van der Waals surface area contributed by atoms with Crippen LogP contribution in [0.15, 0.2) is 163 Å². The van der Waals surface area contributed by atoms with Crippen molar-refractivity contribution < 1.29 is 0 Å². The fourth-order valence-electron chi connectivity index (χ4n) is 6.65. The Morgan fingerprint density at radius 2 is 1.16 bits per heavy atom. The lowest BCUT2D eigenvalue weighted by molar-refractivity contribution is 0.779. The van der Waals surface area contributed by atoms with Crippen LogP contribution >= 0.6 is 0 Å². The Kier molecular flexibility index (Phi) is 10.6. The van der Waals surface area contributed by atoms with Crippen molar-refractivity contribution >= 4 is 46.0 Å². The van der Waals surface area contributed by atoms with Gasteiger partial charge in [0.1, 0.15) is 5.82 Å². The molecule has 0 amide bonds. The number of nitrogens with zero attached hydrogens (tertiary/aromatic N) is 5. The normalized spacial score (nSPS) is 14.4. The molecule has 0 fully saturated rings. The number of allylic oxidation sites excluding steroid dienone is 1. The van der Waals surface area contributed by atoms with Crippen LogP contribution in [0, 0.1) is 0 Å². The number of hydrogen-bond donors (Lipinski definition) is 0. The molecule has 254 valence electrons.